The number of piperidine rings is 1. The third-order valence-corrected chi connectivity index (χ3v) is 7.33. The van der Waals surface area contributed by atoms with Gasteiger partial charge >= 0.3 is 0 Å². The molecule has 1 atom stereocenters. The average Bonchev–Trinajstić information content (AvgIpc) is 2.97. The molecule has 6 heteroatoms. The molecule has 5 rings (SSSR count). The van der Waals surface area contributed by atoms with Crippen LogP contribution in [0.15, 0.2) is 97.5 Å². The summed E-state index contributed by atoms with van der Waals surface area (Å²) >= 11 is 0. The minimum Gasteiger partial charge on any atom is -0.378 e. The molecule has 2 heterocycles. The fourth-order valence-electron chi connectivity index (χ4n) is 5.06. The molecule has 0 saturated carbocycles. The van der Waals surface area contributed by atoms with Crippen LogP contribution in [0.5, 0.6) is 0 Å². The van der Waals surface area contributed by atoms with Crippen molar-refractivity contribution >= 4 is 11.6 Å². The summed E-state index contributed by atoms with van der Waals surface area (Å²) in [4.78, 5) is 26.8. The first kappa shape index (κ1) is 25.6. The van der Waals surface area contributed by atoms with Gasteiger partial charge in [-0.3, -0.25) is 19.7 Å². The molecule has 6 nitrogen and oxygen atoms in total. The van der Waals surface area contributed by atoms with Crippen molar-refractivity contribution in [1.29, 1.82) is 0 Å². The van der Waals surface area contributed by atoms with Gasteiger partial charge in [0.25, 0.3) is 0 Å². The molecule has 0 spiro atoms. The Labute approximate surface area is 225 Å². The largest absolute Gasteiger partial charge is 0.378 e. The standard InChI is InChI=1S/C32H35N5O/c1-36(2)29-14-8-24(9-15-29)23-37-20-16-28(17-21-37)32(38)35-31(30-22-33-18-19-34-30)27-12-10-26(11-13-27)25-6-4-3-5-7-25/h3-15,18-19,22,28,31H,16-17,20-21,23H2,1-2H3,(H,35,38). The first-order chi connectivity index (χ1) is 18.6. The monoisotopic (exact) mass is 505 g/mol. The summed E-state index contributed by atoms with van der Waals surface area (Å²) in [5.74, 6) is 0.0768. The zero-order chi connectivity index (χ0) is 26.3. The molecular formula is C32H35N5O. The fourth-order valence-corrected chi connectivity index (χ4v) is 5.06. The van der Waals surface area contributed by atoms with Gasteiger partial charge < -0.3 is 10.2 Å². The van der Waals surface area contributed by atoms with E-state index in [-0.39, 0.29) is 17.9 Å². The van der Waals surface area contributed by atoms with Gasteiger partial charge in [-0.15, -0.1) is 0 Å². The van der Waals surface area contributed by atoms with E-state index in [0.717, 1.165) is 49.3 Å². The Balaban J connectivity index is 1.23. The molecule has 1 saturated heterocycles. The second kappa shape index (κ2) is 12.0. The normalized spacial score (nSPS) is 15.1. The van der Waals surface area contributed by atoms with Crippen molar-refractivity contribution in [2.45, 2.75) is 25.4 Å². The van der Waals surface area contributed by atoms with Crippen molar-refractivity contribution in [3.8, 4) is 11.1 Å². The first-order valence-electron chi connectivity index (χ1n) is 13.3. The lowest BCUT2D eigenvalue weighted by molar-refractivity contribution is -0.127. The lowest BCUT2D eigenvalue weighted by Gasteiger charge is -2.32. The maximum atomic E-state index is 13.4. The summed E-state index contributed by atoms with van der Waals surface area (Å²) in [5, 5.41) is 3.30. The van der Waals surface area contributed by atoms with Gasteiger partial charge in [-0.1, -0.05) is 66.7 Å². The summed E-state index contributed by atoms with van der Waals surface area (Å²) in [5.41, 5.74) is 6.56. The van der Waals surface area contributed by atoms with Gasteiger partial charge in [0.1, 0.15) is 0 Å². The van der Waals surface area contributed by atoms with Crippen molar-refractivity contribution in [3.05, 3.63) is 114 Å². The number of benzene rings is 3. The molecule has 1 aliphatic heterocycles. The van der Waals surface area contributed by atoms with E-state index in [1.54, 1.807) is 18.6 Å². The number of nitrogens with zero attached hydrogens (tertiary/aromatic N) is 4. The Morgan fingerprint density at radius 2 is 1.61 bits per heavy atom. The Kier molecular flexibility index (Phi) is 8.09. The van der Waals surface area contributed by atoms with Crippen LogP contribution in [0.2, 0.25) is 0 Å². The third kappa shape index (κ3) is 6.26. The topological polar surface area (TPSA) is 61.4 Å². The smallest absolute Gasteiger partial charge is 0.224 e. The van der Waals surface area contributed by atoms with E-state index in [1.807, 2.05) is 18.2 Å². The van der Waals surface area contributed by atoms with Crippen LogP contribution in [0.25, 0.3) is 11.1 Å². The molecule has 4 aromatic rings. The summed E-state index contributed by atoms with van der Waals surface area (Å²) in [7, 11) is 4.11. The maximum Gasteiger partial charge on any atom is 0.224 e. The lowest BCUT2D eigenvalue weighted by atomic mass is 9.94. The first-order valence-corrected chi connectivity index (χ1v) is 13.3. The van der Waals surface area contributed by atoms with E-state index in [4.69, 9.17) is 0 Å². The van der Waals surface area contributed by atoms with Crippen LogP contribution in [-0.2, 0) is 11.3 Å². The summed E-state index contributed by atoms with van der Waals surface area (Å²) in [6.07, 6.45) is 6.77. The van der Waals surface area contributed by atoms with E-state index in [2.05, 4.69) is 99.8 Å². The van der Waals surface area contributed by atoms with Crippen molar-refractivity contribution in [2.75, 3.05) is 32.1 Å². The van der Waals surface area contributed by atoms with Crippen LogP contribution in [0.3, 0.4) is 0 Å². The number of rotatable bonds is 8. The van der Waals surface area contributed by atoms with Crippen LogP contribution in [0.1, 0.15) is 35.7 Å². The van der Waals surface area contributed by atoms with Gasteiger partial charge in [0.05, 0.1) is 17.9 Å². The molecule has 0 aliphatic carbocycles. The highest BCUT2D eigenvalue weighted by molar-refractivity contribution is 5.79. The lowest BCUT2D eigenvalue weighted by Crippen LogP contribution is -2.41. The maximum absolute atomic E-state index is 13.4. The summed E-state index contributed by atoms with van der Waals surface area (Å²) in [6, 6.07) is 27.0. The minimum absolute atomic E-state index is 0.00914. The van der Waals surface area contributed by atoms with Gasteiger partial charge in [0.15, 0.2) is 0 Å². The van der Waals surface area contributed by atoms with Crippen molar-refractivity contribution in [3.63, 3.8) is 0 Å². The predicted molar refractivity (Wildman–Crippen MR) is 153 cm³/mol. The molecule has 1 N–H and O–H groups in total. The van der Waals surface area contributed by atoms with E-state index in [0.29, 0.717) is 0 Å². The van der Waals surface area contributed by atoms with Crippen molar-refractivity contribution < 1.29 is 4.79 Å². The molecule has 0 radical (unpaired) electrons. The van der Waals surface area contributed by atoms with Crippen LogP contribution < -0.4 is 10.2 Å². The molecular weight excluding hydrogens is 470 g/mol. The predicted octanol–water partition coefficient (Wildman–Crippen LogP) is 5.33. The van der Waals surface area contributed by atoms with Gasteiger partial charge in [0, 0.05) is 44.6 Å². The highest BCUT2D eigenvalue weighted by atomic mass is 16.2. The number of carbonyl (C=O) groups is 1. The van der Waals surface area contributed by atoms with Gasteiger partial charge in [-0.25, -0.2) is 0 Å². The second-order valence-electron chi connectivity index (χ2n) is 10.2. The fraction of sp³-hybridized carbons (Fsp3) is 0.281. The van der Waals surface area contributed by atoms with E-state index < -0.39 is 0 Å². The number of hydrogen-bond donors (Lipinski definition) is 1. The molecule has 0 bridgehead atoms. The zero-order valence-electron chi connectivity index (χ0n) is 22.1. The van der Waals surface area contributed by atoms with Gasteiger partial charge in [-0.05, 0) is 60.3 Å². The number of anilines is 1. The summed E-state index contributed by atoms with van der Waals surface area (Å²) in [6.45, 7) is 2.74. The molecule has 1 fully saturated rings. The van der Waals surface area contributed by atoms with Crippen LogP contribution >= 0.6 is 0 Å². The molecule has 1 aliphatic rings. The number of carbonyl (C=O) groups excluding carboxylic acids is 1. The molecule has 194 valence electrons. The molecule has 1 amide bonds. The summed E-state index contributed by atoms with van der Waals surface area (Å²) < 4.78 is 0. The quantitative estimate of drug-likeness (QED) is 0.351. The SMILES string of the molecule is CN(C)c1ccc(CN2CCC(C(=O)NC(c3ccc(-c4ccccc4)cc3)c3cnccn3)CC2)cc1. The van der Waals surface area contributed by atoms with Crippen LogP contribution in [0.4, 0.5) is 5.69 Å². The van der Waals surface area contributed by atoms with E-state index in [9.17, 15) is 4.79 Å². The highest BCUT2D eigenvalue weighted by Crippen LogP contribution is 2.27. The van der Waals surface area contributed by atoms with Gasteiger partial charge in [-0.2, -0.15) is 0 Å². The molecule has 38 heavy (non-hydrogen) atoms. The number of likely N-dealkylation sites (tertiary alicyclic amines) is 1. The number of amides is 1. The molecule has 3 aromatic carbocycles. The Hall–Kier alpha value is -4.03. The van der Waals surface area contributed by atoms with Crippen LogP contribution in [0, 0.1) is 5.92 Å². The van der Waals surface area contributed by atoms with E-state index in [1.165, 1.54) is 16.8 Å². The number of aromatic nitrogens is 2. The van der Waals surface area contributed by atoms with Crippen LogP contribution in [-0.4, -0.2) is 48.0 Å². The van der Waals surface area contributed by atoms with Crippen molar-refractivity contribution in [1.82, 2.24) is 20.2 Å². The molecule has 1 aromatic heterocycles. The van der Waals surface area contributed by atoms with Crippen molar-refractivity contribution in [2.24, 2.45) is 5.92 Å². The third-order valence-electron chi connectivity index (χ3n) is 7.33. The zero-order valence-corrected chi connectivity index (χ0v) is 22.1. The highest BCUT2D eigenvalue weighted by Gasteiger charge is 2.28. The molecule has 1 unspecified atom stereocenters. The Bertz CT molecular complexity index is 1300. The minimum atomic E-state index is -0.339. The number of nitrogens with one attached hydrogen (secondary N) is 1. The number of hydrogen-bond acceptors (Lipinski definition) is 5. The second-order valence-corrected chi connectivity index (χ2v) is 10.2. The van der Waals surface area contributed by atoms with Gasteiger partial charge in [0.2, 0.25) is 5.91 Å². The Morgan fingerprint density at radius 1 is 0.921 bits per heavy atom. The van der Waals surface area contributed by atoms with E-state index >= 15 is 0 Å². The Morgan fingerprint density at radius 3 is 2.24 bits per heavy atom. The average molecular weight is 506 g/mol.